The molecule has 1 amide bonds. The van der Waals surface area contributed by atoms with E-state index in [9.17, 15) is 18.0 Å². The van der Waals surface area contributed by atoms with Crippen LogP contribution in [-0.2, 0) is 17.1 Å². The van der Waals surface area contributed by atoms with E-state index in [-0.39, 0.29) is 24.8 Å². The molecule has 2 heterocycles. The molecule has 0 unspecified atom stereocenters. The lowest BCUT2D eigenvalue weighted by molar-refractivity contribution is 0.0688. The molecule has 0 atom stereocenters. The third-order valence-electron chi connectivity index (χ3n) is 6.05. The summed E-state index contributed by atoms with van der Waals surface area (Å²) in [5.41, 5.74) is 4.38. The number of Topliss-reactive ketones (excluding diaryl/α,β-unsaturated/α-hetero) is 1. The number of benzene rings is 1. The molecule has 0 radical (unpaired) electrons. The summed E-state index contributed by atoms with van der Waals surface area (Å²) in [6.07, 6.45) is 1.64. The van der Waals surface area contributed by atoms with Gasteiger partial charge in [0.2, 0.25) is 10.0 Å². The van der Waals surface area contributed by atoms with Gasteiger partial charge in [0.1, 0.15) is 5.69 Å². The lowest BCUT2D eigenvalue weighted by atomic mass is 10.0. The molecule has 162 valence electrons. The first kappa shape index (κ1) is 22.2. The van der Waals surface area contributed by atoms with Crippen molar-refractivity contribution in [1.82, 2.24) is 13.8 Å². The lowest BCUT2D eigenvalue weighted by Crippen LogP contribution is -2.51. The summed E-state index contributed by atoms with van der Waals surface area (Å²) >= 11 is 0. The Morgan fingerprint density at radius 3 is 1.90 bits per heavy atom. The molecular formula is C22H29N3O4S. The summed E-state index contributed by atoms with van der Waals surface area (Å²) in [6.45, 7) is 10.1. The number of carbonyl (C=O) groups excluding carboxylic acids is 2. The zero-order valence-electron chi connectivity index (χ0n) is 18.4. The molecule has 0 spiro atoms. The number of nitrogens with zero attached hydrogens (tertiary/aromatic N) is 3. The average molecular weight is 432 g/mol. The van der Waals surface area contributed by atoms with Crippen LogP contribution in [0.25, 0.3) is 0 Å². The monoisotopic (exact) mass is 431 g/mol. The van der Waals surface area contributed by atoms with E-state index in [1.54, 1.807) is 28.8 Å². The van der Waals surface area contributed by atoms with Crippen molar-refractivity contribution in [3.63, 3.8) is 0 Å². The highest BCUT2D eigenvalue weighted by Gasteiger charge is 2.33. The van der Waals surface area contributed by atoms with E-state index in [0.717, 1.165) is 22.3 Å². The van der Waals surface area contributed by atoms with Gasteiger partial charge in [-0.2, -0.15) is 4.31 Å². The number of rotatable bonds is 4. The lowest BCUT2D eigenvalue weighted by Gasteiger charge is -2.34. The molecule has 1 aromatic carbocycles. The second-order valence-corrected chi connectivity index (χ2v) is 9.94. The molecule has 7 nitrogen and oxygen atoms in total. The van der Waals surface area contributed by atoms with Crippen LogP contribution in [0.5, 0.6) is 0 Å². The highest BCUT2D eigenvalue weighted by atomic mass is 32.2. The molecule has 1 fully saturated rings. The smallest absolute Gasteiger partial charge is 0.270 e. The van der Waals surface area contributed by atoms with E-state index in [0.29, 0.717) is 29.2 Å². The van der Waals surface area contributed by atoms with E-state index in [4.69, 9.17) is 0 Å². The van der Waals surface area contributed by atoms with Crippen molar-refractivity contribution in [3.8, 4) is 0 Å². The molecule has 0 saturated carbocycles. The van der Waals surface area contributed by atoms with Gasteiger partial charge in [0.15, 0.2) is 5.78 Å². The van der Waals surface area contributed by atoms with Crippen LogP contribution in [-0.4, -0.2) is 60.1 Å². The van der Waals surface area contributed by atoms with Crippen LogP contribution in [0.1, 0.15) is 50.0 Å². The summed E-state index contributed by atoms with van der Waals surface area (Å²) < 4.78 is 29.9. The second kappa shape index (κ2) is 8.00. The number of carbonyl (C=O) groups is 2. The van der Waals surface area contributed by atoms with E-state index in [1.807, 2.05) is 33.8 Å². The number of hydrogen-bond acceptors (Lipinski definition) is 4. The number of ketones is 1. The number of aryl methyl sites for hydroxylation is 3. The van der Waals surface area contributed by atoms with Gasteiger partial charge < -0.3 is 9.47 Å². The summed E-state index contributed by atoms with van der Waals surface area (Å²) in [7, 11) is -1.92. The number of sulfonamides is 1. The van der Waals surface area contributed by atoms with Gasteiger partial charge >= 0.3 is 0 Å². The van der Waals surface area contributed by atoms with Gasteiger partial charge in [0.05, 0.1) is 4.90 Å². The van der Waals surface area contributed by atoms with Crippen molar-refractivity contribution in [2.45, 2.75) is 39.5 Å². The van der Waals surface area contributed by atoms with Crippen molar-refractivity contribution in [3.05, 3.63) is 51.8 Å². The van der Waals surface area contributed by atoms with E-state index in [2.05, 4.69) is 0 Å². The third kappa shape index (κ3) is 3.81. The van der Waals surface area contributed by atoms with Gasteiger partial charge in [0, 0.05) is 45.0 Å². The van der Waals surface area contributed by atoms with Gasteiger partial charge in [-0.05, 0) is 62.9 Å². The molecule has 1 aliphatic rings. The Balaban J connectivity index is 1.80. The Kier molecular flexibility index (Phi) is 5.93. The molecule has 2 aromatic rings. The average Bonchev–Trinajstić information content (AvgIpc) is 3.08. The van der Waals surface area contributed by atoms with Crippen molar-refractivity contribution in [2.75, 3.05) is 26.2 Å². The molecule has 0 aliphatic carbocycles. The minimum absolute atomic E-state index is 0.0975. The molecule has 3 rings (SSSR count). The van der Waals surface area contributed by atoms with Crippen molar-refractivity contribution >= 4 is 21.7 Å². The SMILES string of the molecule is CC(=O)c1cc(C(=O)N2CCN(S(=O)(=O)c3c(C)c(C)cc(C)c3C)CC2)n(C)c1. The molecular weight excluding hydrogens is 402 g/mol. The molecule has 1 aliphatic heterocycles. The molecule has 0 bridgehead atoms. The van der Waals surface area contributed by atoms with Crippen LogP contribution in [0.3, 0.4) is 0 Å². The number of aromatic nitrogens is 1. The molecule has 8 heteroatoms. The predicted molar refractivity (Wildman–Crippen MR) is 115 cm³/mol. The van der Waals surface area contributed by atoms with Gasteiger partial charge in [-0.15, -0.1) is 0 Å². The predicted octanol–water partition coefficient (Wildman–Crippen LogP) is 2.61. The quantitative estimate of drug-likeness (QED) is 0.697. The van der Waals surface area contributed by atoms with E-state index >= 15 is 0 Å². The normalized spacial score (nSPS) is 15.5. The van der Waals surface area contributed by atoms with E-state index in [1.165, 1.54) is 11.2 Å². The highest BCUT2D eigenvalue weighted by Crippen LogP contribution is 2.29. The first-order chi connectivity index (χ1) is 13.9. The first-order valence-corrected chi connectivity index (χ1v) is 11.4. The Morgan fingerprint density at radius 1 is 0.900 bits per heavy atom. The summed E-state index contributed by atoms with van der Waals surface area (Å²) in [4.78, 5) is 26.5. The second-order valence-electron chi connectivity index (χ2n) is 8.07. The van der Waals surface area contributed by atoms with Crippen molar-refractivity contribution in [2.24, 2.45) is 7.05 Å². The van der Waals surface area contributed by atoms with Gasteiger partial charge in [-0.25, -0.2) is 8.42 Å². The number of piperazine rings is 1. The zero-order chi connectivity index (χ0) is 22.4. The van der Waals surface area contributed by atoms with Crippen molar-refractivity contribution < 1.29 is 18.0 Å². The van der Waals surface area contributed by atoms with Crippen LogP contribution in [0.4, 0.5) is 0 Å². The van der Waals surface area contributed by atoms with Crippen LogP contribution in [0, 0.1) is 27.7 Å². The van der Waals surface area contributed by atoms with E-state index < -0.39 is 10.0 Å². The fourth-order valence-corrected chi connectivity index (χ4v) is 5.96. The van der Waals surface area contributed by atoms with Crippen LogP contribution in [0.2, 0.25) is 0 Å². The maximum absolute atomic E-state index is 13.4. The molecule has 1 aromatic heterocycles. The third-order valence-corrected chi connectivity index (χ3v) is 8.22. The minimum atomic E-state index is -3.65. The minimum Gasteiger partial charge on any atom is -0.346 e. The summed E-state index contributed by atoms with van der Waals surface area (Å²) in [5, 5.41) is 0. The standard InChI is InChI=1S/C22H29N3O4S/c1-14-11-15(2)17(4)21(16(14)3)30(28,29)25-9-7-24(8-10-25)22(27)20-12-19(18(5)26)13-23(20)6/h11-13H,7-10H2,1-6H3. The largest absolute Gasteiger partial charge is 0.346 e. The first-order valence-electron chi connectivity index (χ1n) is 9.99. The van der Waals surface area contributed by atoms with Gasteiger partial charge in [-0.3, -0.25) is 9.59 Å². The van der Waals surface area contributed by atoms with Gasteiger partial charge in [-0.1, -0.05) is 6.07 Å². The van der Waals surface area contributed by atoms with Crippen LogP contribution >= 0.6 is 0 Å². The van der Waals surface area contributed by atoms with Crippen LogP contribution in [0.15, 0.2) is 23.2 Å². The molecule has 1 saturated heterocycles. The Bertz CT molecular complexity index is 1100. The molecule has 30 heavy (non-hydrogen) atoms. The fraction of sp³-hybridized carbons (Fsp3) is 0.455. The molecule has 0 N–H and O–H groups in total. The van der Waals surface area contributed by atoms with Crippen LogP contribution < -0.4 is 0 Å². The maximum Gasteiger partial charge on any atom is 0.270 e. The highest BCUT2D eigenvalue weighted by molar-refractivity contribution is 7.89. The summed E-state index contributed by atoms with van der Waals surface area (Å²) in [6, 6.07) is 3.60. The Labute approximate surface area is 178 Å². The van der Waals surface area contributed by atoms with Gasteiger partial charge in [0.25, 0.3) is 5.91 Å². The fourth-order valence-electron chi connectivity index (χ4n) is 3.96. The summed E-state index contributed by atoms with van der Waals surface area (Å²) in [5.74, 6) is -0.291. The van der Waals surface area contributed by atoms with Crippen molar-refractivity contribution in [1.29, 1.82) is 0 Å². The maximum atomic E-state index is 13.4. The Hall–Kier alpha value is -2.45. The number of hydrogen-bond donors (Lipinski definition) is 0. The Morgan fingerprint density at radius 2 is 1.43 bits per heavy atom. The number of amides is 1. The zero-order valence-corrected chi connectivity index (χ0v) is 19.3. The topological polar surface area (TPSA) is 79.7 Å².